The molecule has 1 aromatic carbocycles. The second kappa shape index (κ2) is 10.5. The fourth-order valence-corrected chi connectivity index (χ4v) is 9.77. The number of fused-ring (bicyclic) bond motifs is 5. The summed E-state index contributed by atoms with van der Waals surface area (Å²) in [6, 6.07) is 4.99. The third-order valence-electron chi connectivity index (χ3n) is 11.7. The number of carbonyl (C=O) groups is 1. The summed E-state index contributed by atoms with van der Waals surface area (Å²) in [7, 11) is 0. The van der Waals surface area contributed by atoms with Gasteiger partial charge in [0.25, 0.3) is 0 Å². The summed E-state index contributed by atoms with van der Waals surface area (Å²) in [6.07, 6.45) is 16.5. The second-order valence-corrected chi connectivity index (χ2v) is 14.4. The van der Waals surface area contributed by atoms with Crippen LogP contribution in [-0.4, -0.2) is 12.1 Å². The third kappa shape index (κ3) is 5.02. The predicted molar refractivity (Wildman–Crippen MR) is 158 cm³/mol. The lowest BCUT2D eigenvalue weighted by Crippen LogP contribution is -2.51. The largest absolute Gasteiger partial charge is 0.458 e. The summed E-state index contributed by atoms with van der Waals surface area (Å²) in [5.41, 5.74) is 15.6. The van der Waals surface area contributed by atoms with Crippen molar-refractivity contribution in [3.8, 4) is 0 Å². The van der Waals surface area contributed by atoms with E-state index in [0.717, 1.165) is 54.8 Å². The maximum Gasteiger partial charge on any atom is 0.338 e. The third-order valence-corrected chi connectivity index (χ3v) is 11.7. The fourth-order valence-electron chi connectivity index (χ4n) is 9.77. The number of esters is 1. The molecule has 1 unspecified atom stereocenters. The topological polar surface area (TPSA) is 78.3 Å². The Balaban J connectivity index is 1.25. The Kier molecular flexibility index (Phi) is 7.66. The molecular weight excluding hydrogens is 468 g/mol. The standard InChI is InChI=1S/C34H52N2O2/c1-21(2)7-6-8-22(3)29-11-12-30-28-10-9-24-19-27(38-32(37)23-17-25(35)20-26(36)18-23)13-15-33(24,4)31(28)14-16-34(29,30)5/h9,17-18,20-22,27-31H,6-8,10-16,19,35-36H2,1-5H3/t22-,27+,28?,29-,30+,31+,33+,34-/m1/s1. The molecule has 0 heterocycles. The van der Waals surface area contributed by atoms with Crippen molar-refractivity contribution in [1.29, 1.82) is 0 Å². The average Bonchev–Trinajstić information content (AvgIpc) is 3.20. The predicted octanol–water partition coefficient (Wildman–Crippen LogP) is 8.42. The number of carbonyl (C=O) groups excluding carboxylic acids is 1. The van der Waals surface area contributed by atoms with Gasteiger partial charge in [0.2, 0.25) is 0 Å². The van der Waals surface area contributed by atoms with Crippen LogP contribution in [0.2, 0.25) is 0 Å². The van der Waals surface area contributed by atoms with Gasteiger partial charge in [0.15, 0.2) is 0 Å². The molecule has 8 atom stereocenters. The minimum Gasteiger partial charge on any atom is -0.458 e. The summed E-state index contributed by atoms with van der Waals surface area (Å²) in [5.74, 6) is 4.74. The van der Waals surface area contributed by atoms with E-state index in [9.17, 15) is 4.79 Å². The van der Waals surface area contributed by atoms with Crippen LogP contribution >= 0.6 is 0 Å². The lowest BCUT2D eigenvalue weighted by atomic mass is 9.47. The lowest BCUT2D eigenvalue weighted by Gasteiger charge is -2.58. The normalized spacial score (nSPS) is 37.1. The van der Waals surface area contributed by atoms with Gasteiger partial charge in [0.1, 0.15) is 6.10 Å². The van der Waals surface area contributed by atoms with Crippen molar-refractivity contribution in [1.82, 2.24) is 0 Å². The first kappa shape index (κ1) is 27.6. The van der Waals surface area contributed by atoms with Gasteiger partial charge < -0.3 is 16.2 Å². The van der Waals surface area contributed by atoms with E-state index in [1.165, 1.54) is 51.4 Å². The van der Waals surface area contributed by atoms with Crippen molar-refractivity contribution in [2.24, 2.45) is 46.3 Å². The minimum atomic E-state index is -0.306. The Bertz CT molecular complexity index is 1040. The Labute approximate surface area is 231 Å². The van der Waals surface area contributed by atoms with E-state index in [4.69, 9.17) is 16.2 Å². The van der Waals surface area contributed by atoms with Crippen molar-refractivity contribution in [2.75, 3.05) is 11.5 Å². The molecule has 4 aliphatic rings. The van der Waals surface area contributed by atoms with E-state index in [0.29, 0.717) is 22.4 Å². The number of nitrogens with two attached hydrogens (primary N) is 2. The van der Waals surface area contributed by atoms with Crippen LogP contribution in [0.1, 0.15) is 116 Å². The van der Waals surface area contributed by atoms with Crippen LogP contribution in [0.4, 0.5) is 11.4 Å². The van der Waals surface area contributed by atoms with Crippen molar-refractivity contribution in [3.63, 3.8) is 0 Å². The molecule has 4 aliphatic carbocycles. The summed E-state index contributed by atoms with van der Waals surface area (Å²) >= 11 is 0. The van der Waals surface area contributed by atoms with E-state index in [1.807, 2.05) is 0 Å². The zero-order valence-corrected chi connectivity index (χ0v) is 24.6. The summed E-state index contributed by atoms with van der Waals surface area (Å²) in [6.45, 7) is 12.5. The summed E-state index contributed by atoms with van der Waals surface area (Å²) in [5, 5.41) is 0. The van der Waals surface area contributed by atoms with Gasteiger partial charge in [-0.2, -0.15) is 0 Å². The van der Waals surface area contributed by atoms with E-state index < -0.39 is 0 Å². The minimum absolute atomic E-state index is 0.0579. The molecule has 4 nitrogen and oxygen atoms in total. The van der Waals surface area contributed by atoms with Crippen LogP contribution in [0.5, 0.6) is 0 Å². The van der Waals surface area contributed by atoms with Crippen LogP contribution in [0, 0.1) is 46.3 Å². The molecule has 4 heteroatoms. The number of anilines is 2. The maximum absolute atomic E-state index is 12.9. The Hall–Kier alpha value is -1.97. The Morgan fingerprint density at radius 1 is 0.974 bits per heavy atom. The van der Waals surface area contributed by atoms with Gasteiger partial charge in [0.05, 0.1) is 5.56 Å². The summed E-state index contributed by atoms with van der Waals surface area (Å²) < 4.78 is 6.00. The molecule has 0 aliphatic heterocycles. The first-order chi connectivity index (χ1) is 18.0. The van der Waals surface area contributed by atoms with Crippen molar-refractivity contribution in [2.45, 2.75) is 111 Å². The SMILES string of the molecule is CC(C)CCC[C@@H](C)[C@H]1CC[C@H]2C3CC=C4C[C@@H](OC(=O)c5cc(N)cc(N)c5)CC[C@]4(C)[C@H]3CC[C@]12C. The zero-order valence-electron chi connectivity index (χ0n) is 24.6. The molecule has 38 heavy (non-hydrogen) atoms. The molecule has 210 valence electrons. The smallest absolute Gasteiger partial charge is 0.338 e. The maximum atomic E-state index is 12.9. The first-order valence-electron chi connectivity index (χ1n) is 15.6. The number of hydrogen-bond acceptors (Lipinski definition) is 4. The van der Waals surface area contributed by atoms with Crippen LogP contribution in [0.3, 0.4) is 0 Å². The summed E-state index contributed by atoms with van der Waals surface area (Å²) in [4.78, 5) is 12.9. The first-order valence-corrected chi connectivity index (χ1v) is 15.6. The lowest BCUT2D eigenvalue weighted by molar-refractivity contribution is -0.0594. The van der Waals surface area contributed by atoms with E-state index in [2.05, 4.69) is 40.7 Å². The van der Waals surface area contributed by atoms with E-state index >= 15 is 0 Å². The molecule has 4 N–H and O–H groups in total. The van der Waals surface area contributed by atoms with Crippen molar-refractivity contribution in [3.05, 3.63) is 35.4 Å². The molecule has 0 amide bonds. The van der Waals surface area contributed by atoms with Gasteiger partial charge in [0, 0.05) is 17.8 Å². The van der Waals surface area contributed by atoms with Crippen molar-refractivity contribution < 1.29 is 9.53 Å². The molecule has 3 saturated carbocycles. The van der Waals surface area contributed by atoms with Gasteiger partial charge in [-0.15, -0.1) is 0 Å². The van der Waals surface area contributed by atoms with Gasteiger partial charge in [-0.05, 0) is 109 Å². The molecule has 1 aromatic rings. The Morgan fingerprint density at radius 2 is 1.71 bits per heavy atom. The molecule has 5 rings (SSSR count). The highest BCUT2D eigenvalue weighted by Crippen LogP contribution is 2.67. The Morgan fingerprint density at radius 3 is 2.42 bits per heavy atom. The van der Waals surface area contributed by atoms with E-state index in [-0.39, 0.29) is 17.5 Å². The van der Waals surface area contributed by atoms with Gasteiger partial charge in [-0.3, -0.25) is 0 Å². The highest BCUT2D eigenvalue weighted by molar-refractivity contribution is 5.91. The highest BCUT2D eigenvalue weighted by atomic mass is 16.5. The molecule has 0 bridgehead atoms. The number of allylic oxidation sites excluding steroid dienone is 1. The monoisotopic (exact) mass is 520 g/mol. The number of nitrogen functional groups attached to an aromatic ring is 2. The number of ether oxygens (including phenoxy) is 1. The molecule has 0 spiro atoms. The van der Waals surface area contributed by atoms with Gasteiger partial charge >= 0.3 is 5.97 Å². The average molecular weight is 521 g/mol. The van der Waals surface area contributed by atoms with Crippen molar-refractivity contribution >= 4 is 17.3 Å². The molecule has 0 saturated heterocycles. The molecule has 3 fully saturated rings. The van der Waals surface area contributed by atoms with Crippen LogP contribution in [-0.2, 0) is 4.74 Å². The van der Waals surface area contributed by atoms with Gasteiger partial charge in [-0.25, -0.2) is 4.79 Å². The fraction of sp³-hybridized carbons (Fsp3) is 0.735. The van der Waals surface area contributed by atoms with Crippen LogP contribution in [0.25, 0.3) is 0 Å². The quantitative estimate of drug-likeness (QED) is 0.215. The zero-order chi connectivity index (χ0) is 27.2. The van der Waals surface area contributed by atoms with Crippen LogP contribution < -0.4 is 11.5 Å². The number of hydrogen-bond donors (Lipinski definition) is 2. The molecule has 0 radical (unpaired) electrons. The van der Waals surface area contributed by atoms with E-state index in [1.54, 1.807) is 23.8 Å². The molecular formula is C34H52N2O2. The number of rotatable bonds is 7. The van der Waals surface area contributed by atoms with Gasteiger partial charge in [-0.1, -0.05) is 65.5 Å². The van der Waals surface area contributed by atoms with Crippen LogP contribution in [0.15, 0.2) is 29.8 Å². The number of benzene rings is 1. The molecule has 0 aromatic heterocycles. The highest BCUT2D eigenvalue weighted by Gasteiger charge is 2.59. The second-order valence-electron chi connectivity index (χ2n) is 14.4.